The van der Waals surface area contributed by atoms with Crippen molar-refractivity contribution in [3.05, 3.63) is 47.5 Å². The molecule has 0 amide bonds. The average molecular weight is 286 g/mol. The second kappa shape index (κ2) is 5.73. The van der Waals surface area contributed by atoms with Crippen LogP contribution in [0.3, 0.4) is 0 Å². The molecule has 1 unspecified atom stereocenters. The van der Waals surface area contributed by atoms with Crippen LogP contribution >= 0.6 is 11.3 Å². The van der Waals surface area contributed by atoms with Crippen LogP contribution in [0, 0.1) is 0 Å². The molecule has 2 aromatic heterocycles. The molecule has 0 saturated carbocycles. The highest BCUT2D eigenvalue weighted by Gasteiger charge is 2.16. The Balaban J connectivity index is 1.89. The molecule has 0 saturated heterocycles. The van der Waals surface area contributed by atoms with E-state index < -0.39 is 0 Å². The fourth-order valence-electron chi connectivity index (χ4n) is 2.36. The number of imidazole rings is 1. The molecule has 0 aliphatic carbocycles. The Bertz CT molecular complexity index is 668. The highest BCUT2D eigenvalue weighted by molar-refractivity contribution is 7.18. The minimum absolute atomic E-state index is 0.231. The average Bonchev–Trinajstić information content (AvgIpc) is 3.10. The molecule has 1 N–H and O–H groups in total. The first-order valence-electron chi connectivity index (χ1n) is 6.83. The fraction of sp³-hybridized carbons (Fsp3) is 0.333. The highest BCUT2D eigenvalue weighted by atomic mass is 32.1. The summed E-state index contributed by atoms with van der Waals surface area (Å²) in [4.78, 5) is 8.98. The summed E-state index contributed by atoms with van der Waals surface area (Å²) in [7, 11) is 1.99. The van der Waals surface area contributed by atoms with Gasteiger partial charge in [0.25, 0.3) is 0 Å². The lowest BCUT2D eigenvalue weighted by atomic mass is 10.1. The van der Waals surface area contributed by atoms with E-state index in [1.54, 1.807) is 11.3 Å². The van der Waals surface area contributed by atoms with E-state index in [1.165, 1.54) is 10.4 Å². The van der Waals surface area contributed by atoms with Crippen molar-refractivity contribution in [3.8, 4) is 0 Å². The third kappa shape index (κ3) is 2.46. The molecule has 0 aliphatic heterocycles. The van der Waals surface area contributed by atoms with Gasteiger partial charge >= 0.3 is 0 Å². The molecule has 1 atom stereocenters. The lowest BCUT2D eigenvalue weighted by Gasteiger charge is -2.14. The van der Waals surface area contributed by atoms with Gasteiger partial charge in [-0.3, -0.25) is 0 Å². The van der Waals surface area contributed by atoms with E-state index >= 15 is 0 Å². The molecule has 0 spiro atoms. The lowest BCUT2D eigenvalue weighted by Crippen LogP contribution is -2.20. The Morgan fingerprint density at radius 1 is 1.35 bits per heavy atom. The molecule has 104 valence electrons. The molecular formula is C15H18N4S. The smallest absolute Gasteiger partial charge is 0.111 e. The maximum Gasteiger partial charge on any atom is 0.111 e. The predicted molar refractivity (Wildman–Crippen MR) is 83.0 cm³/mol. The quantitative estimate of drug-likeness (QED) is 0.784. The van der Waals surface area contributed by atoms with E-state index in [0.29, 0.717) is 0 Å². The van der Waals surface area contributed by atoms with E-state index in [9.17, 15) is 0 Å². The van der Waals surface area contributed by atoms with Gasteiger partial charge in [-0.25, -0.2) is 9.97 Å². The van der Waals surface area contributed by atoms with Crippen molar-refractivity contribution in [1.82, 2.24) is 19.9 Å². The van der Waals surface area contributed by atoms with Crippen LogP contribution in [-0.4, -0.2) is 21.6 Å². The molecule has 3 rings (SSSR count). The van der Waals surface area contributed by atoms with Crippen LogP contribution in [0.4, 0.5) is 0 Å². The van der Waals surface area contributed by atoms with Gasteiger partial charge in [0.1, 0.15) is 5.01 Å². The number of rotatable bonds is 5. The van der Waals surface area contributed by atoms with E-state index in [-0.39, 0.29) is 6.04 Å². The minimum Gasteiger partial charge on any atom is -0.335 e. The maximum absolute atomic E-state index is 4.75. The van der Waals surface area contributed by atoms with Crippen molar-refractivity contribution < 1.29 is 0 Å². The van der Waals surface area contributed by atoms with Gasteiger partial charge in [0.15, 0.2) is 0 Å². The van der Waals surface area contributed by atoms with Crippen molar-refractivity contribution in [1.29, 1.82) is 0 Å². The van der Waals surface area contributed by atoms with E-state index in [4.69, 9.17) is 4.98 Å². The first-order valence-corrected chi connectivity index (χ1v) is 7.65. The Kier molecular flexibility index (Phi) is 3.80. The van der Waals surface area contributed by atoms with E-state index in [0.717, 1.165) is 23.5 Å². The summed E-state index contributed by atoms with van der Waals surface area (Å²) in [6.45, 7) is 3.09. The Morgan fingerprint density at radius 2 is 2.20 bits per heavy atom. The minimum atomic E-state index is 0.231. The summed E-state index contributed by atoms with van der Waals surface area (Å²) >= 11 is 1.76. The van der Waals surface area contributed by atoms with Gasteiger partial charge in [0.2, 0.25) is 0 Å². The molecule has 0 aliphatic rings. The zero-order valence-electron chi connectivity index (χ0n) is 11.7. The van der Waals surface area contributed by atoms with Crippen LogP contribution in [-0.2, 0) is 13.0 Å². The Hall–Kier alpha value is -1.72. The van der Waals surface area contributed by atoms with Crippen LogP contribution in [0.5, 0.6) is 0 Å². The van der Waals surface area contributed by atoms with Gasteiger partial charge in [0, 0.05) is 24.9 Å². The standard InChI is InChI=1S/C15H18N4S/c1-3-19-10-17-9-11(19)8-13(16-2)15-18-12-6-4-5-7-14(12)20-15/h4-7,9-10,13,16H,3,8H2,1-2H3. The second-order valence-corrected chi connectivity index (χ2v) is 5.80. The number of fused-ring (bicyclic) bond motifs is 1. The number of hydrogen-bond donors (Lipinski definition) is 1. The van der Waals surface area contributed by atoms with Crippen LogP contribution < -0.4 is 5.32 Å². The van der Waals surface area contributed by atoms with E-state index in [2.05, 4.69) is 40.0 Å². The summed E-state index contributed by atoms with van der Waals surface area (Å²) in [5, 5.41) is 4.51. The number of hydrogen-bond acceptors (Lipinski definition) is 4. The molecule has 4 nitrogen and oxygen atoms in total. The molecule has 0 fully saturated rings. The topological polar surface area (TPSA) is 42.7 Å². The number of aromatic nitrogens is 3. The highest BCUT2D eigenvalue weighted by Crippen LogP contribution is 2.28. The molecule has 5 heteroatoms. The van der Waals surface area contributed by atoms with Crippen LogP contribution in [0.2, 0.25) is 0 Å². The molecular weight excluding hydrogens is 268 g/mol. The molecule has 0 bridgehead atoms. The number of nitrogens with one attached hydrogen (secondary N) is 1. The van der Waals surface area contributed by atoms with Crippen molar-refractivity contribution in [2.75, 3.05) is 7.05 Å². The number of likely N-dealkylation sites (N-methyl/N-ethyl adjacent to an activating group) is 1. The maximum atomic E-state index is 4.75. The van der Waals surface area contributed by atoms with Gasteiger partial charge in [-0.15, -0.1) is 11.3 Å². The van der Waals surface area contributed by atoms with Crippen LogP contribution in [0.15, 0.2) is 36.8 Å². The summed E-state index contributed by atoms with van der Waals surface area (Å²) in [6.07, 6.45) is 4.74. The number of benzene rings is 1. The molecule has 20 heavy (non-hydrogen) atoms. The summed E-state index contributed by atoms with van der Waals surface area (Å²) in [5.41, 5.74) is 2.32. The van der Waals surface area contributed by atoms with Gasteiger partial charge in [-0.1, -0.05) is 12.1 Å². The number of aryl methyl sites for hydroxylation is 1. The Morgan fingerprint density at radius 3 is 2.95 bits per heavy atom. The number of thiazole rings is 1. The molecule has 1 aromatic carbocycles. The summed E-state index contributed by atoms with van der Waals surface area (Å²) in [5.74, 6) is 0. The first-order chi connectivity index (χ1) is 9.81. The van der Waals surface area contributed by atoms with Crippen molar-refractivity contribution in [3.63, 3.8) is 0 Å². The fourth-order valence-corrected chi connectivity index (χ4v) is 3.44. The zero-order valence-corrected chi connectivity index (χ0v) is 12.5. The number of para-hydroxylation sites is 1. The molecule has 2 heterocycles. The predicted octanol–water partition coefficient (Wildman–Crippen LogP) is 3.02. The first kappa shape index (κ1) is 13.3. The van der Waals surface area contributed by atoms with Gasteiger partial charge < -0.3 is 9.88 Å². The lowest BCUT2D eigenvalue weighted by molar-refractivity contribution is 0.561. The van der Waals surface area contributed by atoms with Gasteiger partial charge in [0.05, 0.1) is 22.6 Å². The summed E-state index contributed by atoms with van der Waals surface area (Å²) in [6, 6.07) is 8.52. The van der Waals surface area contributed by atoms with Gasteiger partial charge in [-0.2, -0.15) is 0 Å². The van der Waals surface area contributed by atoms with Crippen molar-refractivity contribution in [2.45, 2.75) is 25.9 Å². The third-order valence-electron chi connectivity index (χ3n) is 3.51. The monoisotopic (exact) mass is 286 g/mol. The SMILES string of the molecule is CCn1cncc1CC(NC)c1nc2ccccc2s1. The Labute approximate surface area is 122 Å². The van der Waals surface area contributed by atoms with Gasteiger partial charge in [-0.05, 0) is 26.1 Å². The number of nitrogens with zero attached hydrogens (tertiary/aromatic N) is 3. The largest absolute Gasteiger partial charge is 0.335 e. The van der Waals surface area contributed by atoms with Crippen molar-refractivity contribution >= 4 is 21.6 Å². The normalized spacial score (nSPS) is 12.9. The molecule has 0 radical (unpaired) electrons. The van der Waals surface area contributed by atoms with Crippen LogP contribution in [0.25, 0.3) is 10.2 Å². The van der Waals surface area contributed by atoms with E-state index in [1.807, 2.05) is 25.6 Å². The second-order valence-electron chi connectivity index (χ2n) is 4.74. The zero-order chi connectivity index (χ0) is 13.9. The molecule has 3 aromatic rings. The van der Waals surface area contributed by atoms with Crippen LogP contribution in [0.1, 0.15) is 23.7 Å². The summed E-state index contributed by atoms with van der Waals surface area (Å²) < 4.78 is 3.42. The third-order valence-corrected chi connectivity index (χ3v) is 4.66. The van der Waals surface area contributed by atoms with Crippen molar-refractivity contribution in [2.24, 2.45) is 0 Å².